The van der Waals surface area contributed by atoms with Crippen molar-refractivity contribution in [2.24, 2.45) is 0 Å². The minimum absolute atomic E-state index is 0.751. The van der Waals surface area contributed by atoms with E-state index in [9.17, 15) is 0 Å². The van der Waals surface area contributed by atoms with E-state index >= 15 is 0 Å². The summed E-state index contributed by atoms with van der Waals surface area (Å²) in [7, 11) is 0. The van der Waals surface area contributed by atoms with Gasteiger partial charge in [-0.15, -0.1) is 5.73 Å². The van der Waals surface area contributed by atoms with Crippen molar-refractivity contribution in [1.82, 2.24) is 0 Å². The van der Waals surface area contributed by atoms with Crippen LogP contribution in [0, 0.1) is 0 Å². The zero-order valence-corrected chi connectivity index (χ0v) is 6.23. The molecular weight excluding hydrogens is 144 g/mol. The highest BCUT2D eigenvalue weighted by Crippen LogP contribution is 2.09. The van der Waals surface area contributed by atoms with Crippen LogP contribution in [0.4, 0.5) is 0 Å². The fourth-order valence-corrected chi connectivity index (χ4v) is 0.803. The second-order valence-corrected chi connectivity index (χ2v) is 2.34. The number of halogens is 1. The Morgan fingerprint density at radius 1 is 1.30 bits per heavy atom. The molecule has 0 radical (unpaired) electrons. The molecular formula is C9H7Cl. The van der Waals surface area contributed by atoms with E-state index in [0.717, 1.165) is 10.6 Å². The van der Waals surface area contributed by atoms with Crippen molar-refractivity contribution in [3.05, 3.63) is 47.2 Å². The Labute approximate surface area is 65.5 Å². The van der Waals surface area contributed by atoms with E-state index < -0.39 is 0 Å². The van der Waals surface area contributed by atoms with Gasteiger partial charge in [-0.2, -0.15) is 0 Å². The summed E-state index contributed by atoms with van der Waals surface area (Å²) in [4.78, 5) is 0. The van der Waals surface area contributed by atoms with Crippen molar-refractivity contribution in [3.8, 4) is 0 Å². The van der Waals surface area contributed by atoms with Crippen LogP contribution in [0.1, 0.15) is 5.56 Å². The van der Waals surface area contributed by atoms with Gasteiger partial charge in [-0.05, 0) is 23.8 Å². The van der Waals surface area contributed by atoms with Crippen molar-refractivity contribution in [3.63, 3.8) is 0 Å². The molecule has 0 unspecified atom stereocenters. The van der Waals surface area contributed by atoms with E-state index in [1.54, 1.807) is 6.08 Å². The first kappa shape index (κ1) is 7.14. The first-order valence-corrected chi connectivity index (χ1v) is 3.32. The van der Waals surface area contributed by atoms with Gasteiger partial charge in [0.2, 0.25) is 0 Å². The molecule has 0 heterocycles. The normalized spacial score (nSPS) is 8.50. The highest BCUT2D eigenvalue weighted by Gasteiger charge is 1.84. The molecule has 0 aliphatic carbocycles. The number of hydrogen-bond acceptors (Lipinski definition) is 0. The average molecular weight is 151 g/mol. The maximum Gasteiger partial charge on any atom is 0.0406 e. The van der Waals surface area contributed by atoms with Crippen molar-refractivity contribution in [1.29, 1.82) is 0 Å². The van der Waals surface area contributed by atoms with E-state index in [-0.39, 0.29) is 0 Å². The van der Waals surface area contributed by atoms with E-state index in [2.05, 4.69) is 12.3 Å². The highest BCUT2D eigenvalue weighted by molar-refractivity contribution is 6.30. The summed E-state index contributed by atoms with van der Waals surface area (Å²) in [5, 5.41) is 0.751. The molecule has 0 N–H and O–H groups in total. The van der Waals surface area contributed by atoms with Crippen molar-refractivity contribution in [2.75, 3.05) is 0 Å². The Kier molecular flexibility index (Phi) is 2.33. The smallest absolute Gasteiger partial charge is 0.0406 e. The molecule has 0 saturated carbocycles. The van der Waals surface area contributed by atoms with Crippen LogP contribution in [0.25, 0.3) is 6.08 Å². The minimum atomic E-state index is 0.751. The van der Waals surface area contributed by atoms with Gasteiger partial charge in [-0.25, -0.2) is 0 Å². The van der Waals surface area contributed by atoms with Crippen molar-refractivity contribution < 1.29 is 0 Å². The van der Waals surface area contributed by atoms with Gasteiger partial charge in [0.15, 0.2) is 0 Å². The lowest BCUT2D eigenvalue weighted by Crippen LogP contribution is -1.67. The third-order valence-electron chi connectivity index (χ3n) is 1.14. The quantitative estimate of drug-likeness (QED) is 0.540. The van der Waals surface area contributed by atoms with Crippen molar-refractivity contribution in [2.45, 2.75) is 0 Å². The molecule has 0 spiro atoms. The SMILES string of the molecule is C=C=Cc1ccc(Cl)cc1. The van der Waals surface area contributed by atoms with Gasteiger partial charge in [-0.3, -0.25) is 0 Å². The van der Waals surface area contributed by atoms with Gasteiger partial charge in [0.05, 0.1) is 0 Å². The lowest BCUT2D eigenvalue weighted by molar-refractivity contribution is 1.66. The summed E-state index contributed by atoms with van der Waals surface area (Å²) in [6.07, 6.45) is 1.80. The molecule has 1 aromatic carbocycles. The third kappa shape index (κ3) is 1.77. The van der Waals surface area contributed by atoms with Crippen LogP contribution in [0.2, 0.25) is 5.02 Å². The second-order valence-electron chi connectivity index (χ2n) is 1.90. The van der Waals surface area contributed by atoms with Crippen molar-refractivity contribution >= 4 is 17.7 Å². The maximum absolute atomic E-state index is 5.66. The molecule has 0 bridgehead atoms. The molecule has 0 aliphatic rings. The highest BCUT2D eigenvalue weighted by atomic mass is 35.5. The van der Waals surface area contributed by atoms with Crippen LogP contribution < -0.4 is 0 Å². The molecule has 0 saturated heterocycles. The monoisotopic (exact) mass is 150 g/mol. The Balaban J connectivity index is 3.00. The standard InChI is InChI=1S/C9H7Cl/c1-2-3-8-4-6-9(10)7-5-8/h3-7H,1H2. The van der Waals surface area contributed by atoms with Gasteiger partial charge < -0.3 is 0 Å². The number of rotatable bonds is 1. The first-order chi connectivity index (χ1) is 4.83. The molecule has 0 aromatic heterocycles. The van der Waals surface area contributed by atoms with E-state index in [0.29, 0.717) is 0 Å². The molecule has 0 nitrogen and oxygen atoms in total. The number of benzene rings is 1. The Bertz CT molecular complexity index is 253. The molecule has 1 rings (SSSR count). The molecule has 0 atom stereocenters. The molecule has 1 aromatic rings. The largest absolute Gasteiger partial charge is 0.128 e. The topological polar surface area (TPSA) is 0 Å². The Hall–Kier alpha value is -0.970. The predicted octanol–water partition coefficient (Wildman–Crippen LogP) is 3.14. The maximum atomic E-state index is 5.66. The first-order valence-electron chi connectivity index (χ1n) is 2.94. The summed E-state index contributed by atoms with van der Waals surface area (Å²) >= 11 is 5.66. The molecule has 0 fully saturated rings. The van der Waals surface area contributed by atoms with Crippen LogP contribution in [-0.2, 0) is 0 Å². The molecule has 0 aliphatic heterocycles. The van der Waals surface area contributed by atoms with Crippen LogP contribution >= 0.6 is 11.6 Å². The van der Waals surface area contributed by atoms with Gasteiger partial charge >= 0.3 is 0 Å². The van der Waals surface area contributed by atoms with E-state index in [1.807, 2.05) is 24.3 Å². The zero-order valence-electron chi connectivity index (χ0n) is 5.47. The van der Waals surface area contributed by atoms with Gasteiger partial charge in [0.25, 0.3) is 0 Å². The lowest BCUT2D eigenvalue weighted by atomic mass is 10.2. The van der Waals surface area contributed by atoms with Gasteiger partial charge in [0.1, 0.15) is 0 Å². The fourth-order valence-electron chi connectivity index (χ4n) is 0.677. The van der Waals surface area contributed by atoms with Gasteiger partial charge in [0, 0.05) is 5.02 Å². The lowest BCUT2D eigenvalue weighted by Gasteiger charge is -1.89. The van der Waals surface area contributed by atoms with E-state index in [4.69, 9.17) is 11.6 Å². The predicted molar refractivity (Wildman–Crippen MR) is 45.1 cm³/mol. The Morgan fingerprint density at radius 3 is 2.40 bits per heavy atom. The van der Waals surface area contributed by atoms with Crippen LogP contribution in [-0.4, -0.2) is 0 Å². The second kappa shape index (κ2) is 3.26. The molecule has 10 heavy (non-hydrogen) atoms. The Morgan fingerprint density at radius 2 is 1.90 bits per heavy atom. The summed E-state index contributed by atoms with van der Waals surface area (Å²) in [6.45, 7) is 3.46. The number of hydrogen-bond donors (Lipinski definition) is 0. The molecule has 0 amide bonds. The minimum Gasteiger partial charge on any atom is -0.128 e. The average Bonchev–Trinajstić information content (AvgIpc) is 1.95. The summed E-state index contributed by atoms with van der Waals surface area (Å²) < 4.78 is 0. The van der Waals surface area contributed by atoms with Crippen LogP contribution in [0.5, 0.6) is 0 Å². The van der Waals surface area contributed by atoms with E-state index in [1.165, 1.54) is 0 Å². The third-order valence-corrected chi connectivity index (χ3v) is 1.39. The fraction of sp³-hybridized carbons (Fsp3) is 0. The summed E-state index contributed by atoms with van der Waals surface area (Å²) in [6, 6.07) is 7.51. The summed E-state index contributed by atoms with van der Waals surface area (Å²) in [5.74, 6) is 0. The molecule has 1 heteroatoms. The summed E-state index contributed by atoms with van der Waals surface area (Å²) in [5.41, 5.74) is 3.75. The zero-order chi connectivity index (χ0) is 7.40. The van der Waals surface area contributed by atoms with Gasteiger partial charge in [-0.1, -0.05) is 30.3 Å². The molecule has 50 valence electrons. The van der Waals surface area contributed by atoms with Crippen LogP contribution in [0.3, 0.4) is 0 Å². The van der Waals surface area contributed by atoms with Crippen LogP contribution in [0.15, 0.2) is 36.6 Å².